The molecule has 0 aliphatic rings. The lowest BCUT2D eigenvalue weighted by Gasteiger charge is -2.24. The summed E-state index contributed by atoms with van der Waals surface area (Å²) in [6.45, 7) is 0.567. The van der Waals surface area contributed by atoms with Gasteiger partial charge in [-0.3, -0.25) is 4.79 Å². The molecule has 3 nitrogen and oxygen atoms in total. The Kier molecular flexibility index (Phi) is 4.88. The van der Waals surface area contributed by atoms with Gasteiger partial charge < -0.3 is 10.4 Å². The molecule has 2 aromatic rings. The number of hydrogen-bond donors (Lipinski definition) is 2. The quantitative estimate of drug-likeness (QED) is 0.661. The second-order valence-electron chi connectivity index (χ2n) is 5.30. The largest absolute Gasteiger partial charge is 0.383 e. The van der Waals surface area contributed by atoms with Crippen LogP contribution in [0.1, 0.15) is 22.8 Å². The van der Waals surface area contributed by atoms with Gasteiger partial charge in [-0.2, -0.15) is 0 Å². The number of carbonyl (C=O) groups excluding carboxylic acids is 1. The fourth-order valence-electron chi connectivity index (χ4n) is 2.07. The monoisotopic (exact) mass is 345 g/mol. The molecule has 0 aliphatic heterocycles. The summed E-state index contributed by atoms with van der Waals surface area (Å²) in [4.78, 5) is 11.8. The molecule has 0 spiro atoms. The molecular weight excluding hydrogens is 333 g/mol. The van der Waals surface area contributed by atoms with Crippen LogP contribution >= 0.6 is 0 Å². The first-order valence-corrected chi connectivity index (χ1v) is 6.73. The van der Waals surface area contributed by atoms with Crippen molar-refractivity contribution in [3.63, 3.8) is 0 Å². The van der Waals surface area contributed by atoms with E-state index in [0.717, 1.165) is 25.1 Å². The number of halogens is 5. The minimum atomic E-state index is -1.94. The van der Waals surface area contributed by atoms with Gasteiger partial charge in [0.1, 0.15) is 17.2 Å². The molecule has 2 rings (SSSR count). The number of carbonyl (C=O) groups is 1. The smallest absolute Gasteiger partial charge is 0.254 e. The van der Waals surface area contributed by atoms with Crippen molar-refractivity contribution >= 4 is 5.91 Å². The molecule has 0 bridgehead atoms. The summed E-state index contributed by atoms with van der Waals surface area (Å²) in [6.07, 6.45) is 0. The predicted octanol–water partition coefficient (Wildman–Crippen LogP) is 3.02. The van der Waals surface area contributed by atoms with Crippen LogP contribution in [-0.4, -0.2) is 17.6 Å². The van der Waals surface area contributed by atoms with Crippen LogP contribution in [0.5, 0.6) is 0 Å². The molecule has 1 unspecified atom stereocenters. The maximum Gasteiger partial charge on any atom is 0.254 e. The summed E-state index contributed by atoms with van der Waals surface area (Å²) in [5, 5.41) is 12.3. The van der Waals surface area contributed by atoms with Gasteiger partial charge in [-0.15, -0.1) is 0 Å². The van der Waals surface area contributed by atoms with Gasteiger partial charge in [0.05, 0.1) is 12.1 Å². The third-order valence-electron chi connectivity index (χ3n) is 3.38. The van der Waals surface area contributed by atoms with Crippen molar-refractivity contribution in [2.24, 2.45) is 0 Å². The van der Waals surface area contributed by atoms with Gasteiger partial charge in [0, 0.05) is 11.6 Å². The van der Waals surface area contributed by atoms with Gasteiger partial charge in [0.2, 0.25) is 0 Å². The first kappa shape index (κ1) is 17.9. The Morgan fingerprint density at radius 2 is 1.71 bits per heavy atom. The van der Waals surface area contributed by atoms with Crippen LogP contribution in [0.4, 0.5) is 22.0 Å². The number of amides is 1. The highest BCUT2D eigenvalue weighted by molar-refractivity contribution is 5.94. The predicted molar refractivity (Wildman–Crippen MR) is 74.6 cm³/mol. The second-order valence-corrected chi connectivity index (χ2v) is 5.30. The first-order valence-electron chi connectivity index (χ1n) is 6.73. The highest BCUT2D eigenvalue weighted by atomic mass is 19.2. The molecule has 0 saturated heterocycles. The zero-order valence-electron chi connectivity index (χ0n) is 12.3. The third kappa shape index (κ3) is 3.53. The molecule has 2 aromatic carbocycles. The van der Waals surface area contributed by atoms with Crippen LogP contribution in [0.25, 0.3) is 0 Å². The van der Waals surface area contributed by atoms with E-state index in [9.17, 15) is 31.9 Å². The summed E-state index contributed by atoms with van der Waals surface area (Å²) in [6, 6.07) is 3.78. The second kappa shape index (κ2) is 6.56. The summed E-state index contributed by atoms with van der Waals surface area (Å²) in [5.41, 5.74) is -3.01. The highest BCUT2D eigenvalue weighted by Gasteiger charge is 2.28. The Hall–Kier alpha value is -2.48. The Labute approximate surface area is 133 Å². The summed E-state index contributed by atoms with van der Waals surface area (Å²) in [7, 11) is 0. The maximum absolute atomic E-state index is 13.7. The standard InChI is InChI=1S/C16H12F5NO2/c1-16(24,10-4-2-8(17)6-12(10)19)7-22-15(23)9-3-5-11(18)14(21)13(9)20/h2-6,24H,7H2,1H3,(H,22,23). The molecule has 0 radical (unpaired) electrons. The van der Waals surface area contributed by atoms with Crippen molar-refractivity contribution in [1.82, 2.24) is 5.32 Å². The minimum absolute atomic E-state index is 0.296. The van der Waals surface area contributed by atoms with Gasteiger partial charge in [-0.1, -0.05) is 6.07 Å². The molecule has 0 aromatic heterocycles. The normalized spacial score (nSPS) is 13.5. The number of aliphatic hydroxyl groups is 1. The fourth-order valence-corrected chi connectivity index (χ4v) is 2.07. The summed E-state index contributed by atoms with van der Waals surface area (Å²) < 4.78 is 66.1. The van der Waals surface area contributed by atoms with Gasteiger partial charge in [0.25, 0.3) is 5.91 Å². The van der Waals surface area contributed by atoms with Crippen molar-refractivity contribution in [3.8, 4) is 0 Å². The van der Waals surface area contributed by atoms with Gasteiger partial charge in [-0.05, 0) is 25.1 Å². The lowest BCUT2D eigenvalue weighted by atomic mass is 9.95. The van der Waals surface area contributed by atoms with Crippen LogP contribution in [0, 0.1) is 29.1 Å². The van der Waals surface area contributed by atoms with Crippen molar-refractivity contribution in [2.75, 3.05) is 6.54 Å². The van der Waals surface area contributed by atoms with Gasteiger partial charge >= 0.3 is 0 Å². The molecule has 8 heteroatoms. The van der Waals surface area contributed by atoms with E-state index in [-0.39, 0.29) is 5.56 Å². The molecule has 128 valence electrons. The number of hydrogen-bond acceptors (Lipinski definition) is 2. The Balaban J connectivity index is 2.17. The highest BCUT2D eigenvalue weighted by Crippen LogP contribution is 2.24. The van der Waals surface area contributed by atoms with E-state index < -0.39 is 52.7 Å². The van der Waals surface area contributed by atoms with Gasteiger partial charge in [-0.25, -0.2) is 22.0 Å². The lowest BCUT2D eigenvalue weighted by Crippen LogP contribution is -2.39. The zero-order valence-corrected chi connectivity index (χ0v) is 12.3. The fraction of sp³-hybridized carbons (Fsp3) is 0.188. The molecular formula is C16H12F5NO2. The topological polar surface area (TPSA) is 49.3 Å². The Morgan fingerprint density at radius 1 is 1.04 bits per heavy atom. The van der Waals surface area contributed by atoms with Crippen LogP contribution in [0.3, 0.4) is 0 Å². The van der Waals surface area contributed by atoms with E-state index in [1.54, 1.807) is 0 Å². The van der Waals surface area contributed by atoms with E-state index in [1.807, 2.05) is 0 Å². The zero-order chi connectivity index (χ0) is 18.1. The Morgan fingerprint density at radius 3 is 2.33 bits per heavy atom. The molecule has 0 aliphatic carbocycles. The van der Waals surface area contributed by atoms with Gasteiger partial charge in [0.15, 0.2) is 17.5 Å². The Bertz CT molecular complexity index is 792. The SMILES string of the molecule is CC(O)(CNC(=O)c1ccc(F)c(F)c1F)c1ccc(F)cc1F. The first-order chi connectivity index (χ1) is 11.1. The van der Waals surface area contributed by atoms with E-state index in [0.29, 0.717) is 12.1 Å². The number of rotatable bonds is 4. The van der Waals surface area contributed by atoms with Crippen LogP contribution in [0.2, 0.25) is 0 Å². The average molecular weight is 345 g/mol. The van der Waals surface area contributed by atoms with E-state index in [4.69, 9.17) is 0 Å². The van der Waals surface area contributed by atoms with Crippen LogP contribution in [0.15, 0.2) is 30.3 Å². The number of nitrogens with one attached hydrogen (secondary N) is 1. The molecule has 0 heterocycles. The average Bonchev–Trinajstić information content (AvgIpc) is 2.50. The molecule has 1 amide bonds. The minimum Gasteiger partial charge on any atom is -0.383 e. The van der Waals surface area contributed by atoms with E-state index >= 15 is 0 Å². The van der Waals surface area contributed by atoms with Crippen LogP contribution < -0.4 is 5.32 Å². The van der Waals surface area contributed by atoms with Crippen LogP contribution in [-0.2, 0) is 5.60 Å². The van der Waals surface area contributed by atoms with Crippen molar-refractivity contribution in [2.45, 2.75) is 12.5 Å². The van der Waals surface area contributed by atoms with Crippen molar-refractivity contribution in [1.29, 1.82) is 0 Å². The molecule has 2 N–H and O–H groups in total. The number of benzene rings is 2. The van der Waals surface area contributed by atoms with Crippen molar-refractivity contribution in [3.05, 3.63) is 70.5 Å². The molecule has 0 fully saturated rings. The van der Waals surface area contributed by atoms with E-state index in [2.05, 4.69) is 5.32 Å². The molecule has 1 atom stereocenters. The van der Waals surface area contributed by atoms with Crippen molar-refractivity contribution < 1.29 is 31.9 Å². The maximum atomic E-state index is 13.7. The summed E-state index contributed by atoms with van der Waals surface area (Å²) >= 11 is 0. The molecule has 24 heavy (non-hydrogen) atoms. The third-order valence-corrected chi connectivity index (χ3v) is 3.38. The molecule has 0 saturated carbocycles. The lowest BCUT2D eigenvalue weighted by molar-refractivity contribution is 0.0493. The summed E-state index contributed by atoms with van der Waals surface area (Å²) in [5.74, 6) is -7.95. The van der Waals surface area contributed by atoms with E-state index in [1.165, 1.54) is 0 Å².